The van der Waals surface area contributed by atoms with E-state index in [0.717, 1.165) is 64.0 Å². The van der Waals surface area contributed by atoms with E-state index in [1.54, 1.807) is 18.4 Å². The predicted octanol–water partition coefficient (Wildman–Crippen LogP) is 6.05. The summed E-state index contributed by atoms with van der Waals surface area (Å²) in [7, 11) is 1.76. The number of benzene rings is 1. The van der Waals surface area contributed by atoms with E-state index in [-0.39, 0.29) is 11.3 Å². The smallest absolute Gasteiger partial charge is 0.236 e. The van der Waals surface area contributed by atoms with Crippen LogP contribution in [-0.4, -0.2) is 54.0 Å². The average Bonchev–Trinajstić information content (AvgIpc) is 3.64. The van der Waals surface area contributed by atoms with Crippen molar-refractivity contribution < 1.29 is 9.53 Å². The number of hydrogen-bond donors (Lipinski definition) is 1. The largest absolute Gasteiger partial charge is 0.497 e. The molecule has 2 unspecified atom stereocenters. The second kappa shape index (κ2) is 11.9. The number of nitrogens with zero attached hydrogens (tertiary/aromatic N) is 2. The minimum Gasteiger partial charge on any atom is -0.497 e. The Labute approximate surface area is 225 Å². The minimum atomic E-state index is 0.100. The molecule has 2 aromatic heterocycles. The van der Waals surface area contributed by atoms with Gasteiger partial charge in [0.25, 0.3) is 0 Å². The molecule has 3 heterocycles. The number of rotatable bonds is 11. The highest BCUT2D eigenvalue weighted by molar-refractivity contribution is 7.09. The molecule has 5 rings (SSSR count). The number of methoxy groups -OCH3 is 1. The van der Waals surface area contributed by atoms with Gasteiger partial charge < -0.3 is 14.6 Å². The third kappa shape index (κ3) is 5.80. The summed E-state index contributed by atoms with van der Waals surface area (Å²) >= 11 is 1.77. The fourth-order valence-corrected chi connectivity index (χ4v) is 7.52. The summed E-state index contributed by atoms with van der Waals surface area (Å²) in [6.45, 7) is 6.39. The number of aryl methyl sites for hydroxylation is 1. The topological polar surface area (TPSA) is 48.6 Å². The molecule has 6 heteroatoms. The van der Waals surface area contributed by atoms with E-state index in [9.17, 15) is 4.79 Å². The number of hydrogen-bond acceptors (Lipinski definition) is 4. The van der Waals surface area contributed by atoms with E-state index in [4.69, 9.17) is 4.74 Å². The SMILES string of the molecule is CCCC(CCCN1CCN(Cc2cccs2)CC1=O)(c1ccc[nH]1)C1CCc2ccc(OC)cc2C1. The lowest BCUT2D eigenvalue weighted by atomic mass is 9.61. The fraction of sp³-hybridized carbons (Fsp3) is 0.516. The highest BCUT2D eigenvalue weighted by atomic mass is 32.1. The van der Waals surface area contributed by atoms with Gasteiger partial charge in [-0.15, -0.1) is 11.3 Å². The molecule has 1 aliphatic carbocycles. The van der Waals surface area contributed by atoms with E-state index in [0.29, 0.717) is 12.5 Å². The molecular formula is C31H41N3O2S. The molecule has 1 saturated heterocycles. The normalized spacial score (nSPS) is 20.0. The second-order valence-electron chi connectivity index (χ2n) is 10.8. The first kappa shape index (κ1) is 26.1. The lowest BCUT2D eigenvalue weighted by Crippen LogP contribution is -2.50. The number of ether oxygens (including phenoxy) is 1. The molecule has 37 heavy (non-hydrogen) atoms. The van der Waals surface area contributed by atoms with Crippen molar-refractivity contribution in [2.24, 2.45) is 5.92 Å². The van der Waals surface area contributed by atoms with Crippen LogP contribution in [-0.2, 0) is 29.6 Å². The summed E-state index contributed by atoms with van der Waals surface area (Å²) in [4.78, 5) is 22.4. The van der Waals surface area contributed by atoms with Gasteiger partial charge in [0.15, 0.2) is 0 Å². The number of amides is 1. The monoisotopic (exact) mass is 519 g/mol. The first-order valence-electron chi connectivity index (χ1n) is 13.9. The summed E-state index contributed by atoms with van der Waals surface area (Å²) in [6.07, 6.45) is 9.97. The Bertz CT molecular complexity index is 1140. The number of carbonyl (C=O) groups excluding carboxylic acids is 1. The van der Waals surface area contributed by atoms with Crippen LogP contribution in [0, 0.1) is 5.92 Å². The third-order valence-corrected chi connectivity index (χ3v) is 9.52. The quantitative estimate of drug-likeness (QED) is 0.335. The second-order valence-corrected chi connectivity index (χ2v) is 11.9. The highest BCUT2D eigenvalue weighted by Gasteiger charge is 2.41. The molecule has 1 amide bonds. The van der Waals surface area contributed by atoms with Gasteiger partial charge in [-0.25, -0.2) is 0 Å². The van der Waals surface area contributed by atoms with Crippen LogP contribution in [0.2, 0.25) is 0 Å². The maximum Gasteiger partial charge on any atom is 0.236 e. The first-order chi connectivity index (χ1) is 18.1. The Kier molecular flexibility index (Phi) is 8.36. The Hall–Kier alpha value is -2.57. The van der Waals surface area contributed by atoms with Crippen LogP contribution in [0.25, 0.3) is 0 Å². The van der Waals surface area contributed by atoms with Gasteiger partial charge in [-0.2, -0.15) is 0 Å². The van der Waals surface area contributed by atoms with E-state index >= 15 is 0 Å². The molecule has 1 aliphatic heterocycles. The third-order valence-electron chi connectivity index (χ3n) is 8.66. The molecule has 1 aromatic carbocycles. The fourth-order valence-electron chi connectivity index (χ4n) is 6.78. The molecule has 0 saturated carbocycles. The van der Waals surface area contributed by atoms with Crippen molar-refractivity contribution in [2.75, 3.05) is 33.3 Å². The molecule has 1 fully saturated rings. The first-order valence-corrected chi connectivity index (χ1v) is 14.8. The molecule has 0 bridgehead atoms. The summed E-state index contributed by atoms with van der Waals surface area (Å²) in [5, 5.41) is 2.11. The van der Waals surface area contributed by atoms with Gasteiger partial charge in [0.2, 0.25) is 5.91 Å². The van der Waals surface area contributed by atoms with Crippen molar-refractivity contribution in [1.29, 1.82) is 0 Å². The van der Waals surface area contributed by atoms with Crippen LogP contribution in [0.4, 0.5) is 0 Å². The van der Waals surface area contributed by atoms with E-state index in [2.05, 4.69) is 75.7 Å². The van der Waals surface area contributed by atoms with Crippen molar-refractivity contribution in [2.45, 2.75) is 63.8 Å². The molecule has 0 radical (unpaired) electrons. The number of piperazine rings is 1. The lowest BCUT2D eigenvalue weighted by Gasteiger charge is -2.44. The Morgan fingerprint density at radius 2 is 2.05 bits per heavy atom. The maximum atomic E-state index is 13.0. The van der Waals surface area contributed by atoms with Gasteiger partial charge in [0, 0.05) is 48.4 Å². The van der Waals surface area contributed by atoms with Crippen molar-refractivity contribution in [3.63, 3.8) is 0 Å². The zero-order valence-electron chi connectivity index (χ0n) is 22.4. The van der Waals surface area contributed by atoms with Crippen LogP contribution < -0.4 is 4.74 Å². The Morgan fingerprint density at radius 3 is 2.78 bits per heavy atom. The van der Waals surface area contributed by atoms with Gasteiger partial charge in [-0.3, -0.25) is 9.69 Å². The maximum absolute atomic E-state index is 13.0. The van der Waals surface area contributed by atoms with Gasteiger partial charge in [-0.1, -0.05) is 25.5 Å². The number of H-pyrrole nitrogens is 1. The van der Waals surface area contributed by atoms with Gasteiger partial charge >= 0.3 is 0 Å². The molecule has 2 atom stereocenters. The number of aromatic amines is 1. The molecular weight excluding hydrogens is 478 g/mol. The number of nitrogens with one attached hydrogen (secondary N) is 1. The van der Waals surface area contributed by atoms with E-state index in [1.807, 2.05) is 0 Å². The molecule has 198 valence electrons. The van der Waals surface area contributed by atoms with Crippen LogP contribution >= 0.6 is 11.3 Å². The van der Waals surface area contributed by atoms with Crippen molar-refractivity contribution in [3.05, 3.63) is 75.7 Å². The van der Waals surface area contributed by atoms with Crippen LogP contribution in [0.3, 0.4) is 0 Å². The standard InChI is InChI=1S/C31H41N3O2S/c1-3-13-31(29-8-4-15-32-29,26-11-9-24-10-12-27(36-2)21-25(24)20-26)14-6-16-34-18-17-33(23-30(34)35)22-28-7-5-19-37-28/h4-5,7-8,10,12,15,19,21,26,32H,3,6,9,11,13-14,16-18,20,22-23H2,1-2H3. The molecule has 3 aromatic rings. The van der Waals surface area contributed by atoms with Gasteiger partial charge in [0.1, 0.15) is 5.75 Å². The molecule has 2 aliphatic rings. The van der Waals surface area contributed by atoms with Gasteiger partial charge in [-0.05, 0) is 91.3 Å². The summed E-state index contributed by atoms with van der Waals surface area (Å²) < 4.78 is 5.55. The molecule has 5 nitrogen and oxygen atoms in total. The molecule has 0 spiro atoms. The minimum absolute atomic E-state index is 0.100. The number of fused-ring (bicyclic) bond motifs is 1. The van der Waals surface area contributed by atoms with Gasteiger partial charge in [0.05, 0.1) is 13.7 Å². The van der Waals surface area contributed by atoms with E-state index in [1.165, 1.54) is 34.5 Å². The predicted molar refractivity (Wildman–Crippen MR) is 151 cm³/mol. The lowest BCUT2D eigenvalue weighted by molar-refractivity contribution is -0.136. The highest BCUT2D eigenvalue weighted by Crippen LogP contribution is 2.46. The summed E-state index contributed by atoms with van der Waals surface area (Å²) in [6, 6.07) is 15.3. The Morgan fingerprint density at radius 1 is 1.14 bits per heavy atom. The zero-order chi connectivity index (χ0) is 25.7. The number of carbonyl (C=O) groups is 1. The van der Waals surface area contributed by atoms with Crippen molar-refractivity contribution >= 4 is 17.2 Å². The average molecular weight is 520 g/mol. The zero-order valence-corrected chi connectivity index (χ0v) is 23.2. The van der Waals surface area contributed by atoms with Crippen LogP contribution in [0.1, 0.15) is 60.7 Å². The number of thiophene rings is 1. The number of aromatic nitrogens is 1. The Balaban J connectivity index is 1.27. The molecule has 1 N–H and O–H groups in total. The van der Waals surface area contributed by atoms with Crippen LogP contribution in [0.5, 0.6) is 5.75 Å². The van der Waals surface area contributed by atoms with Crippen LogP contribution in [0.15, 0.2) is 54.0 Å². The van der Waals surface area contributed by atoms with E-state index < -0.39 is 0 Å². The summed E-state index contributed by atoms with van der Waals surface area (Å²) in [5.41, 5.74) is 4.39. The van der Waals surface area contributed by atoms with Crippen molar-refractivity contribution in [3.8, 4) is 5.75 Å². The van der Waals surface area contributed by atoms with Crippen molar-refractivity contribution in [1.82, 2.24) is 14.8 Å². The summed E-state index contributed by atoms with van der Waals surface area (Å²) in [5.74, 6) is 1.81.